The van der Waals surface area contributed by atoms with Crippen molar-refractivity contribution < 1.29 is 4.79 Å². The minimum atomic E-state index is -0.0636. The lowest BCUT2D eigenvalue weighted by Gasteiger charge is -2.11. The summed E-state index contributed by atoms with van der Waals surface area (Å²) in [7, 11) is 4.10. The first-order chi connectivity index (χ1) is 11.9. The van der Waals surface area contributed by atoms with Gasteiger partial charge < -0.3 is 10.2 Å². The maximum atomic E-state index is 12.5. The van der Waals surface area contributed by atoms with Gasteiger partial charge in [-0.2, -0.15) is 5.10 Å². The fourth-order valence-corrected chi connectivity index (χ4v) is 2.76. The Morgan fingerprint density at radius 1 is 1.28 bits per heavy atom. The van der Waals surface area contributed by atoms with Crippen LogP contribution in [0, 0.1) is 12.8 Å². The molecule has 1 amide bonds. The number of benzene rings is 1. The number of hydrogen-bond acceptors (Lipinski definition) is 3. The van der Waals surface area contributed by atoms with E-state index in [0.717, 1.165) is 30.8 Å². The van der Waals surface area contributed by atoms with E-state index in [1.54, 1.807) is 6.20 Å². The lowest BCUT2D eigenvalue weighted by atomic mass is 10.1. The van der Waals surface area contributed by atoms with Gasteiger partial charge in [0.05, 0.1) is 11.8 Å². The molecule has 0 spiro atoms. The third-order valence-electron chi connectivity index (χ3n) is 4.21. The SMILES string of the molecule is Cc1c(C(=O)NCc2cccc(CN(C)C)c2)cnn1CCC(C)C. The van der Waals surface area contributed by atoms with Crippen molar-refractivity contribution in [2.75, 3.05) is 14.1 Å². The maximum Gasteiger partial charge on any atom is 0.255 e. The van der Waals surface area contributed by atoms with Gasteiger partial charge in [-0.3, -0.25) is 9.48 Å². The van der Waals surface area contributed by atoms with Crippen molar-refractivity contribution in [1.82, 2.24) is 20.0 Å². The van der Waals surface area contributed by atoms with Gasteiger partial charge >= 0.3 is 0 Å². The van der Waals surface area contributed by atoms with Crippen molar-refractivity contribution in [1.29, 1.82) is 0 Å². The Balaban J connectivity index is 1.96. The Kier molecular flexibility index (Phi) is 6.76. The van der Waals surface area contributed by atoms with Gasteiger partial charge in [0, 0.05) is 25.3 Å². The summed E-state index contributed by atoms with van der Waals surface area (Å²) in [6, 6.07) is 8.32. The summed E-state index contributed by atoms with van der Waals surface area (Å²) in [5, 5.41) is 7.37. The molecule has 0 fully saturated rings. The summed E-state index contributed by atoms with van der Waals surface area (Å²) < 4.78 is 1.92. The molecule has 1 aromatic carbocycles. The minimum Gasteiger partial charge on any atom is -0.348 e. The van der Waals surface area contributed by atoms with Crippen molar-refractivity contribution in [3.63, 3.8) is 0 Å². The Labute approximate surface area is 151 Å². The first-order valence-electron chi connectivity index (χ1n) is 8.90. The molecular formula is C20H30N4O. The number of amides is 1. The molecule has 2 rings (SSSR count). The Morgan fingerprint density at radius 2 is 2.00 bits per heavy atom. The predicted molar refractivity (Wildman–Crippen MR) is 101 cm³/mol. The molecule has 5 heteroatoms. The van der Waals surface area contributed by atoms with Crippen LogP contribution in [0.4, 0.5) is 0 Å². The van der Waals surface area contributed by atoms with Crippen LogP contribution in [0.2, 0.25) is 0 Å². The number of aromatic nitrogens is 2. The third kappa shape index (κ3) is 5.71. The minimum absolute atomic E-state index is 0.0636. The van der Waals surface area contributed by atoms with Crippen LogP contribution in [0.25, 0.3) is 0 Å². The molecule has 0 bridgehead atoms. The molecule has 1 heterocycles. The molecule has 5 nitrogen and oxygen atoms in total. The highest BCUT2D eigenvalue weighted by Gasteiger charge is 2.14. The van der Waals surface area contributed by atoms with E-state index < -0.39 is 0 Å². The third-order valence-corrected chi connectivity index (χ3v) is 4.21. The average Bonchev–Trinajstić information content (AvgIpc) is 2.91. The Morgan fingerprint density at radius 3 is 2.68 bits per heavy atom. The van der Waals surface area contributed by atoms with E-state index in [1.807, 2.05) is 37.8 Å². The summed E-state index contributed by atoms with van der Waals surface area (Å²) in [5.74, 6) is 0.557. The molecular weight excluding hydrogens is 312 g/mol. The van der Waals surface area contributed by atoms with Crippen LogP contribution in [0.1, 0.15) is 47.4 Å². The van der Waals surface area contributed by atoms with E-state index in [1.165, 1.54) is 5.56 Å². The van der Waals surface area contributed by atoms with E-state index >= 15 is 0 Å². The number of carbonyl (C=O) groups excluding carboxylic acids is 1. The molecule has 0 unspecified atom stereocenters. The molecule has 0 saturated carbocycles. The van der Waals surface area contributed by atoms with Gasteiger partial charge in [0.15, 0.2) is 0 Å². The first-order valence-corrected chi connectivity index (χ1v) is 8.90. The lowest BCUT2D eigenvalue weighted by molar-refractivity contribution is 0.0950. The number of nitrogens with one attached hydrogen (secondary N) is 1. The van der Waals surface area contributed by atoms with Crippen LogP contribution in [0.5, 0.6) is 0 Å². The standard InChI is InChI=1S/C20H30N4O/c1-15(2)9-10-24-16(3)19(13-22-24)20(25)21-12-17-7-6-8-18(11-17)14-23(4)5/h6-8,11,13,15H,9-10,12,14H2,1-5H3,(H,21,25). The smallest absolute Gasteiger partial charge is 0.255 e. The highest BCUT2D eigenvalue weighted by molar-refractivity contribution is 5.94. The summed E-state index contributed by atoms with van der Waals surface area (Å²) in [6.45, 7) is 8.61. The van der Waals surface area contributed by atoms with Crippen LogP contribution < -0.4 is 5.32 Å². The number of aryl methyl sites for hydroxylation is 1. The van der Waals surface area contributed by atoms with Gasteiger partial charge in [-0.1, -0.05) is 38.1 Å². The Bertz CT molecular complexity index is 703. The zero-order valence-corrected chi connectivity index (χ0v) is 16.0. The molecule has 0 atom stereocenters. The van der Waals surface area contributed by atoms with Crippen LogP contribution in [0.15, 0.2) is 30.5 Å². The van der Waals surface area contributed by atoms with E-state index in [4.69, 9.17) is 0 Å². The topological polar surface area (TPSA) is 50.2 Å². The molecule has 25 heavy (non-hydrogen) atoms. The lowest BCUT2D eigenvalue weighted by Crippen LogP contribution is -2.23. The normalized spacial score (nSPS) is 11.3. The molecule has 136 valence electrons. The van der Waals surface area contributed by atoms with Crippen LogP contribution in [-0.2, 0) is 19.6 Å². The Hall–Kier alpha value is -2.14. The second-order valence-electron chi connectivity index (χ2n) is 7.29. The maximum absolute atomic E-state index is 12.5. The largest absolute Gasteiger partial charge is 0.348 e. The van der Waals surface area contributed by atoms with Gasteiger partial charge in [0.2, 0.25) is 0 Å². The summed E-state index contributed by atoms with van der Waals surface area (Å²) in [5.41, 5.74) is 3.94. The van der Waals surface area contributed by atoms with Crippen molar-refractivity contribution in [3.05, 3.63) is 52.8 Å². The summed E-state index contributed by atoms with van der Waals surface area (Å²) >= 11 is 0. The number of nitrogens with zero attached hydrogens (tertiary/aromatic N) is 3. The van der Waals surface area contributed by atoms with E-state index in [-0.39, 0.29) is 5.91 Å². The fourth-order valence-electron chi connectivity index (χ4n) is 2.76. The van der Waals surface area contributed by atoms with Crippen LogP contribution >= 0.6 is 0 Å². The van der Waals surface area contributed by atoms with E-state index in [0.29, 0.717) is 18.0 Å². The predicted octanol–water partition coefficient (Wildman–Crippen LogP) is 3.23. The zero-order valence-electron chi connectivity index (χ0n) is 16.0. The molecule has 1 N–H and O–H groups in total. The van der Waals surface area contributed by atoms with E-state index in [2.05, 4.69) is 41.3 Å². The van der Waals surface area contributed by atoms with Gasteiger partial charge in [-0.15, -0.1) is 0 Å². The van der Waals surface area contributed by atoms with Gasteiger partial charge in [-0.25, -0.2) is 0 Å². The number of rotatable bonds is 8. The summed E-state index contributed by atoms with van der Waals surface area (Å²) in [4.78, 5) is 14.6. The van der Waals surface area contributed by atoms with Crippen molar-refractivity contribution in [2.24, 2.45) is 5.92 Å². The van der Waals surface area contributed by atoms with Gasteiger partial charge in [0.25, 0.3) is 5.91 Å². The second kappa shape index (κ2) is 8.81. The van der Waals surface area contributed by atoms with Gasteiger partial charge in [0.1, 0.15) is 0 Å². The molecule has 0 saturated heterocycles. The molecule has 0 aliphatic carbocycles. The van der Waals surface area contributed by atoms with Crippen molar-refractivity contribution >= 4 is 5.91 Å². The molecule has 0 aliphatic rings. The average molecular weight is 342 g/mol. The zero-order chi connectivity index (χ0) is 18.4. The summed E-state index contributed by atoms with van der Waals surface area (Å²) in [6.07, 6.45) is 2.73. The fraction of sp³-hybridized carbons (Fsp3) is 0.500. The molecule has 2 aromatic rings. The second-order valence-corrected chi connectivity index (χ2v) is 7.29. The molecule has 0 radical (unpaired) electrons. The van der Waals surface area contributed by atoms with Gasteiger partial charge in [-0.05, 0) is 44.5 Å². The first kappa shape index (κ1) is 19.2. The number of carbonyl (C=O) groups is 1. The monoisotopic (exact) mass is 342 g/mol. The quantitative estimate of drug-likeness (QED) is 0.801. The number of hydrogen-bond donors (Lipinski definition) is 1. The highest BCUT2D eigenvalue weighted by atomic mass is 16.1. The van der Waals surface area contributed by atoms with Crippen molar-refractivity contribution in [2.45, 2.75) is 46.8 Å². The van der Waals surface area contributed by atoms with Crippen LogP contribution in [-0.4, -0.2) is 34.7 Å². The van der Waals surface area contributed by atoms with Crippen LogP contribution in [0.3, 0.4) is 0 Å². The van der Waals surface area contributed by atoms with E-state index in [9.17, 15) is 4.79 Å². The highest BCUT2D eigenvalue weighted by Crippen LogP contribution is 2.11. The molecule has 1 aromatic heterocycles. The molecule has 0 aliphatic heterocycles. The van der Waals surface area contributed by atoms with Crippen molar-refractivity contribution in [3.8, 4) is 0 Å².